The maximum absolute atomic E-state index is 10.3. The Morgan fingerprint density at radius 3 is 2.45 bits per heavy atom. The molecule has 1 N–H and O–H groups in total. The predicted molar refractivity (Wildman–Crippen MR) is 81.9 cm³/mol. The third kappa shape index (κ3) is 4.39. The van der Waals surface area contributed by atoms with Crippen molar-refractivity contribution in [1.29, 1.82) is 0 Å². The first-order chi connectivity index (χ1) is 9.65. The number of hydrogen-bond donors (Lipinski definition) is 1. The molecular formula is C18H22O2. The molecule has 0 aliphatic rings. The van der Waals surface area contributed by atoms with E-state index in [2.05, 4.69) is 12.1 Å². The lowest BCUT2D eigenvalue weighted by Crippen LogP contribution is -2.06. The lowest BCUT2D eigenvalue weighted by Gasteiger charge is -2.14. The van der Waals surface area contributed by atoms with E-state index < -0.39 is 6.10 Å². The standard InChI is InChI=1S/C18H22O2/c1-14(2)20-17-10-6-9-16(13-17)18(19)12-11-15-7-4-3-5-8-15/h3-10,13-14,18-19H,11-12H2,1-2H3. The molecule has 0 amide bonds. The van der Waals surface area contributed by atoms with Gasteiger partial charge < -0.3 is 9.84 Å². The molecule has 0 spiro atoms. The highest BCUT2D eigenvalue weighted by atomic mass is 16.5. The molecule has 0 fully saturated rings. The second-order valence-electron chi connectivity index (χ2n) is 5.28. The Bertz CT molecular complexity index is 520. The van der Waals surface area contributed by atoms with Crippen molar-refractivity contribution in [3.05, 3.63) is 65.7 Å². The largest absolute Gasteiger partial charge is 0.491 e. The topological polar surface area (TPSA) is 29.5 Å². The average molecular weight is 270 g/mol. The van der Waals surface area contributed by atoms with E-state index in [1.165, 1.54) is 5.56 Å². The molecular weight excluding hydrogens is 248 g/mol. The van der Waals surface area contributed by atoms with Gasteiger partial charge in [-0.2, -0.15) is 0 Å². The number of rotatable bonds is 6. The molecule has 1 atom stereocenters. The van der Waals surface area contributed by atoms with Crippen molar-refractivity contribution >= 4 is 0 Å². The molecule has 0 aliphatic heterocycles. The van der Waals surface area contributed by atoms with Crippen LogP contribution in [0.3, 0.4) is 0 Å². The van der Waals surface area contributed by atoms with Crippen LogP contribution in [0, 0.1) is 0 Å². The van der Waals surface area contributed by atoms with Gasteiger partial charge in [-0.25, -0.2) is 0 Å². The first kappa shape index (κ1) is 14.6. The van der Waals surface area contributed by atoms with Gasteiger partial charge in [-0.15, -0.1) is 0 Å². The van der Waals surface area contributed by atoms with Crippen molar-refractivity contribution in [2.24, 2.45) is 0 Å². The Balaban J connectivity index is 1.96. The Labute approximate surface area is 121 Å². The molecule has 2 aromatic rings. The Kier molecular flexibility index (Phi) is 5.19. The summed E-state index contributed by atoms with van der Waals surface area (Å²) in [6.45, 7) is 4.00. The zero-order chi connectivity index (χ0) is 14.4. The smallest absolute Gasteiger partial charge is 0.120 e. The highest BCUT2D eigenvalue weighted by Crippen LogP contribution is 2.23. The number of aliphatic hydroxyl groups is 1. The van der Waals surface area contributed by atoms with E-state index in [-0.39, 0.29) is 6.10 Å². The fourth-order valence-corrected chi connectivity index (χ4v) is 2.18. The van der Waals surface area contributed by atoms with E-state index in [4.69, 9.17) is 4.74 Å². The average Bonchev–Trinajstić information content (AvgIpc) is 2.45. The van der Waals surface area contributed by atoms with Crippen LogP contribution in [-0.2, 0) is 6.42 Å². The molecule has 0 saturated carbocycles. The maximum Gasteiger partial charge on any atom is 0.120 e. The van der Waals surface area contributed by atoms with E-state index >= 15 is 0 Å². The van der Waals surface area contributed by atoms with Gasteiger partial charge in [0.05, 0.1) is 12.2 Å². The van der Waals surface area contributed by atoms with E-state index in [0.717, 1.165) is 24.2 Å². The highest BCUT2D eigenvalue weighted by molar-refractivity contribution is 5.30. The van der Waals surface area contributed by atoms with Gasteiger partial charge in [0.15, 0.2) is 0 Å². The van der Waals surface area contributed by atoms with Gasteiger partial charge in [-0.3, -0.25) is 0 Å². The van der Waals surface area contributed by atoms with E-state index in [9.17, 15) is 5.11 Å². The molecule has 0 heterocycles. The molecule has 0 saturated heterocycles. The highest BCUT2D eigenvalue weighted by Gasteiger charge is 2.09. The van der Waals surface area contributed by atoms with Crippen LogP contribution in [0.25, 0.3) is 0 Å². The lowest BCUT2D eigenvalue weighted by molar-refractivity contribution is 0.166. The molecule has 2 rings (SSSR count). The summed E-state index contributed by atoms with van der Waals surface area (Å²) < 4.78 is 5.66. The lowest BCUT2D eigenvalue weighted by atomic mass is 10.0. The Morgan fingerprint density at radius 2 is 1.75 bits per heavy atom. The van der Waals surface area contributed by atoms with E-state index in [0.29, 0.717) is 0 Å². The normalized spacial score (nSPS) is 12.4. The van der Waals surface area contributed by atoms with Gasteiger partial charge in [-0.05, 0) is 49.9 Å². The van der Waals surface area contributed by atoms with Gasteiger partial charge >= 0.3 is 0 Å². The fourth-order valence-electron chi connectivity index (χ4n) is 2.18. The van der Waals surface area contributed by atoms with Crippen molar-refractivity contribution in [3.8, 4) is 5.75 Å². The molecule has 0 bridgehead atoms. The van der Waals surface area contributed by atoms with Crippen LogP contribution in [-0.4, -0.2) is 11.2 Å². The zero-order valence-corrected chi connectivity index (χ0v) is 12.1. The van der Waals surface area contributed by atoms with Crippen LogP contribution in [0.5, 0.6) is 5.75 Å². The SMILES string of the molecule is CC(C)Oc1cccc(C(O)CCc2ccccc2)c1. The minimum atomic E-state index is -0.453. The van der Waals surface area contributed by atoms with Crippen LogP contribution < -0.4 is 4.74 Å². The van der Waals surface area contributed by atoms with Crippen molar-refractivity contribution in [2.45, 2.75) is 38.9 Å². The second kappa shape index (κ2) is 7.11. The summed E-state index contributed by atoms with van der Waals surface area (Å²) in [6, 6.07) is 18.0. The van der Waals surface area contributed by atoms with E-state index in [1.807, 2.05) is 56.3 Å². The van der Waals surface area contributed by atoms with Gasteiger partial charge in [0.1, 0.15) is 5.75 Å². The molecule has 2 nitrogen and oxygen atoms in total. The summed E-state index contributed by atoms with van der Waals surface area (Å²) in [5, 5.41) is 10.3. The summed E-state index contributed by atoms with van der Waals surface area (Å²) in [6.07, 6.45) is 1.28. The van der Waals surface area contributed by atoms with Crippen LogP contribution in [0.4, 0.5) is 0 Å². The second-order valence-corrected chi connectivity index (χ2v) is 5.28. The minimum absolute atomic E-state index is 0.145. The minimum Gasteiger partial charge on any atom is -0.491 e. The molecule has 2 heteroatoms. The monoisotopic (exact) mass is 270 g/mol. The summed E-state index contributed by atoms with van der Waals surface area (Å²) in [4.78, 5) is 0. The van der Waals surface area contributed by atoms with Crippen molar-refractivity contribution in [1.82, 2.24) is 0 Å². The quantitative estimate of drug-likeness (QED) is 0.854. The van der Waals surface area contributed by atoms with Crippen LogP contribution in [0.15, 0.2) is 54.6 Å². The predicted octanol–water partition coefficient (Wildman–Crippen LogP) is 4.14. The molecule has 106 valence electrons. The summed E-state index contributed by atoms with van der Waals surface area (Å²) in [7, 11) is 0. The Morgan fingerprint density at radius 1 is 1.00 bits per heavy atom. The van der Waals surface area contributed by atoms with Gasteiger partial charge in [0.25, 0.3) is 0 Å². The Hall–Kier alpha value is -1.80. The number of aryl methyl sites for hydroxylation is 1. The first-order valence-electron chi connectivity index (χ1n) is 7.14. The maximum atomic E-state index is 10.3. The number of hydrogen-bond acceptors (Lipinski definition) is 2. The molecule has 20 heavy (non-hydrogen) atoms. The van der Waals surface area contributed by atoms with Gasteiger partial charge in [0, 0.05) is 0 Å². The molecule has 0 aliphatic carbocycles. The van der Waals surface area contributed by atoms with Crippen molar-refractivity contribution in [2.75, 3.05) is 0 Å². The number of ether oxygens (including phenoxy) is 1. The van der Waals surface area contributed by atoms with Crippen molar-refractivity contribution in [3.63, 3.8) is 0 Å². The molecule has 1 unspecified atom stereocenters. The van der Waals surface area contributed by atoms with E-state index in [1.54, 1.807) is 0 Å². The summed E-state index contributed by atoms with van der Waals surface area (Å²) in [5.41, 5.74) is 2.17. The summed E-state index contributed by atoms with van der Waals surface area (Å²) in [5.74, 6) is 0.816. The zero-order valence-electron chi connectivity index (χ0n) is 12.1. The molecule has 0 aromatic heterocycles. The molecule has 2 aromatic carbocycles. The number of benzene rings is 2. The van der Waals surface area contributed by atoms with Gasteiger partial charge in [0.2, 0.25) is 0 Å². The van der Waals surface area contributed by atoms with Crippen LogP contribution in [0.1, 0.15) is 37.5 Å². The first-order valence-corrected chi connectivity index (χ1v) is 7.14. The molecule has 0 radical (unpaired) electrons. The van der Waals surface area contributed by atoms with Gasteiger partial charge in [-0.1, -0.05) is 42.5 Å². The van der Waals surface area contributed by atoms with Crippen molar-refractivity contribution < 1.29 is 9.84 Å². The fraction of sp³-hybridized carbons (Fsp3) is 0.333. The summed E-state index contributed by atoms with van der Waals surface area (Å²) >= 11 is 0. The third-order valence-corrected chi connectivity index (χ3v) is 3.16. The third-order valence-electron chi connectivity index (χ3n) is 3.16. The van der Waals surface area contributed by atoms with Crippen LogP contribution >= 0.6 is 0 Å². The van der Waals surface area contributed by atoms with Crippen LogP contribution in [0.2, 0.25) is 0 Å². The number of aliphatic hydroxyl groups excluding tert-OH is 1.